The van der Waals surface area contributed by atoms with Crippen LogP contribution in [0, 0.1) is 0 Å². The van der Waals surface area contributed by atoms with Crippen molar-refractivity contribution in [3.63, 3.8) is 0 Å². The molecule has 0 amide bonds. The van der Waals surface area contributed by atoms with Gasteiger partial charge in [0.1, 0.15) is 0 Å². The molecule has 1 aromatic heterocycles. The summed E-state index contributed by atoms with van der Waals surface area (Å²) < 4.78 is 2.54. The summed E-state index contributed by atoms with van der Waals surface area (Å²) in [6, 6.07) is 2.11. The lowest BCUT2D eigenvalue weighted by molar-refractivity contribution is 0.603. The normalized spacial score (nSPS) is 10.8. The molecule has 1 heterocycles. The summed E-state index contributed by atoms with van der Waals surface area (Å²) in [6.07, 6.45) is 5.42. The van der Waals surface area contributed by atoms with Crippen LogP contribution < -0.4 is 5.32 Å². The number of halogens is 2. The van der Waals surface area contributed by atoms with Crippen LogP contribution in [-0.2, 0) is 6.54 Å². The Balaban J connectivity index is 1.96. The van der Waals surface area contributed by atoms with E-state index in [1.54, 1.807) is 0 Å². The minimum absolute atomic E-state index is 1.00. The maximum Gasteiger partial charge on any atom is 0.0327 e. The first kappa shape index (κ1) is 13.9. The number of alkyl halides is 1. The Kier molecular flexibility index (Phi) is 8.32. The second-order valence-corrected chi connectivity index (χ2v) is 6.41. The molecule has 1 N–H and O–H groups in total. The standard InChI is InChI=1S/C11H17BrINS/c12-10-5-8-15-11(10)9-14-7-4-2-1-3-6-13/h5,8,14H,1-4,6-7,9H2. The second kappa shape index (κ2) is 8.96. The zero-order chi connectivity index (χ0) is 10.9. The van der Waals surface area contributed by atoms with Crippen LogP contribution in [0.15, 0.2) is 15.9 Å². The smallest absolute Gasteiger partial charge is 0.0327 e. The van der Waals surface area contributed by atoms with Crippen LogP contribution in [0.3, 0.4) is 0 Å². The molecule has 1 rings (SSSR count). The summed E-state index contributed by atoms with van der Waals surface area (Å²) >= 11 is 7.80. The van der Waals surface area contributed by atoms with E-state index in [9.17, 15) is 0 Å². The first-order chi connectivity index (χ1) is 7.34. The Morgan fingerprint density at radius 3 is 2.73 bits per heavy atom. The number of hydrogen-bond donors (Lipinski definition) is 1. The molecule has 0 spiro atoms. The summed E-state index contributed by atoms with van der Waals surface area (Å²) in [6.45, 7) is 2.15. The Morgan fingerprint density at radius 2 is 2.07 bits per heavy atom. The predicted octanol–water partition coefficient (Wildman–Crippen LogP) is 4.60. The van der Waals surface area contributed by atoms with Crippen molar-refractivity contribution in [2.75, 3.05) is 11.0 Å². The van der Waals surface area contributed by atoms with E-state index < -0.39 is 0 Å². The molecule has 86 valence electrons. The van der Waals surface area contributed by atoms with E-state index in [4.69, 9.17) is 0 Å². The fraction of sp³-hybridized carbons (Fsp3) is 0.636. The molecular formula is C11H17BrINS. The minimum Gasteiger partial charge on any atom is -0.312 e. The van der Waals surface area contributed by atoms with Crippen molar-refractivity contribution in [3.8, 4) is 0 Å². The lowest BCUT2D eigenvalue weighted by atomic mass is 10.2. The van der Waals surface area contributed by atoms with Crippen LogP contribution in [0.1, 0.15) is 30.6 Å². The molecule has 0 aliphatic rings. The molecule has 0 radical (unpaired) electrons. The van der Waals surface area contributed by atoms with Crippen molar-refractivity contribution in [2.24, 2.45) is 0 Å². The van der Waals surface area contributed by atoms with Crippen LogP contribution in [0.25, 0.3) is 0 Å². The maximum absolute atomic E-state index is 3.54. The van der Waals surface area contributed by atoms with Crippen molar-refractivity contribution in [1.82, 2.24) is 5.32 Å². The SMILES string of the molecule is Brc1ccsc1CNCCCCCCI. The van der Waals surface area contributed by atoms with Crippen LogP contribution in [0.4, 0.5) is 0 Å². The number of thiophene rings is 1. The quantitative estimate of drug-likeness (QED) is 0.381. The van der Waals surface area contributed by atoms with E-state index in [2.05, 4.69) is 55.3 Å². The fourth-order valence-corrected chi connectivity index (χ4v) is 3.35. The second-order valence-electron chi connectivity index (χ2n) is 3.47. The van der Waals surface area contributed by atoms with Crippen LogP contribution in [0.2, 0.25) is 0 Å². The number of rotatable bonds is 8. The molecule has 0 fully saturated rings. The molecule has 0 aromatic carbocycles. The number of nitrogens with one attached hydrogen (secondary N) is 1. The molecule has 0 bridgehead atoms. The van der Waals surface area contributed by atoms with Gasteiger partial charge in [0.15, 0.2) is 0 Å². The van der Waals surface area contributed by atoms with Gasteiger partial charge < -0.3 is 5.32 Å². The summed E-state index contributed by atoms with van der Waals surface area (Å²) in [5.41, 5.74) is 0. The highest BCUT2D eigenvalue weighted by atomic mass is 127. The van der Waals surface area contributed by atoms with Gasteiger partial charge in [0.2, 0.25) is 0 Å². The monoisotopic (exact) mass is 401 g/mol. The molecule has 0 unspecified atom stereocenters. The first-order valence-corrected chi connectivity index (χ1v) is 8.53. The van der Waals surface area contributed by atoms with Crippen molar-refractivity contribution in [1.29, 1.82) is 0 Å². The third kappa shape index (κ3) is 6.24. The van der Waals surface area contributed by atoms with Gasteiger partial charge in [-0.15, -0.1) is 11.3 Å². The van der Waals surface area contributed by atoms with E-state index in [1.807, 2.05) is 11.3 Å². The number of hydrogen-bond acceptors (Lipinski definition) is 2. The van der Waals surface area contributed by atoms with Gasteiger partial charge in [-0.25, -0.2) is 0 Å². The molecule has 0 atom stereocenters. The van der Waals surface area contributed by atoms with E-state index >= 15 is 0 Å². The third-order valence-electron chi connectivity index (χ3n) is 2.21. The van der Waals surface area contributed by atoms with Gasteiger partial charge in [-0.3, -0.25) is 0 Å². The average Bonchev–Trinajstić information content (AvgIpc) is 2.63. The average molecular weight is 402 g/mol. The summed E-state index contributed by atoms with van der Waals surface area (Å²) in [4.78, 5) is 1.40. The topological polar surface area (TPSA) is 12.0 Å². The largest absolute Gasteiger partial charge is 0.312 e. The Bertz CT molecular complexity index is 265. The van der Waals surface area contributed by atoms with Crippen LogP contribution >= 0.6 is 49.9 Å². The molecule has 1 nitrogen and oxygen atoms in total. The van der Waals surface area contributed by atoms with Crippen molar-refractivity contribution in [2.45, 2.75) is 32.2 Å². The highest BCUT2D eigenvalue weighted by Crippen LogP contribution is 2.22. The first-order valence-electron chi connectivity index (χ1n) is 5.33. The minimum atomic E-state index is 1.00. The lowest BCUT2D eigenvalue weighted by Crippen LogP contribution is -2.13. The van der Waals surface area contributed by atoms with Crippen LogP contribution in [0.5, 0.6) is 0 Å². The van der Waals surface area contributed by atoms with Gasteiger partial charge in [-0.1, -0.05) is 35.4 Å². The zero-order valence-electron chi connectivity index (χ0n) is 8.77. The fourth-order valence-electron chi connectivity index (χ4n) is 1.35. The molecule has 15 heavy (non-hydrogen) atoms. The highest BCUT2D eigenvalue weighted by Gasteiger charge is 1.99. The van der Waals surface area contributed by atoms with E-state index in [0.717, 1.165) is 13.1 Å². The van der Waals surface area contributed by atoms with Gasteiger partial charge in [0, 0.05) is 15.9 Å². The van der Waals surface area contributed by atoms with E-state index in [1.165, 1.54) is 39.5 Å². The van der Waals surface area contributed by atoms with Gasteiger partial charge in [0.05, 0.1) is 0 Å². The van der Waals surface area contributed by atoms with E-state index in [0.29, 0.717) is 0 Å². The Labute approximate surface area is 118 Å². The molecule has 0 aliphatic heterocycles. The van der Waals surface area contributed by atoms with Crippen LogP contribution in [-0.4, -0.2) is 11.0 Å². The molecule has 0 saturated heterocycles. The molecular weight excluding hydrogens is 385 g/mol. The van der Waals surface area contributed by atoms with Crippen molar-refractivity contribution >= 4 is 49.9 Å². The van der Waals surface area contributed by atoms with Gasteiger partial charge in [-0.2, -0.15) is 0 Å². The molecule has 1 aromatic rings. The Hall–Kier alpha value is 0.870. The van der Waals surface area contributed by atoms with Gasteiger partial charge in [0.25, 0.3) is 0 Å². The molecule has 0 aliphatic carbocycles. The Morgan fingerprint density at radius 1 is 1.27 bits per heavy atom. The van der Waals surface area contributed by atoms with E-state index in [-0.39, 0.29) is 0 Å². The predicted molar refractivity (Wildman–Crippen MR) is 81.1 cm³/mol. The van der Waals surface area contributed by atoms with Gasteiger partial charge in [-0.05, 0) is 51.2 Å². The summed E-state index contributed by atoms with van der Waals surface area (Å²) in [5, 5.41) is 5.61. The maximum atomic E-state index is 3.54. The third-order valence-corrected chi connectivity index (χ3v) is 4.90. The van der Waals surface area contributed by atoms with Crippen molar-refractivity contribution < 1.29 is 0 Å². The lowest BCUT2D eigenvalue weighted by Gasteiger charge is -2.03. The number of unbranched alkanes of at least 4 members (excludes halogenated alkanes) is 3. The summed E-state index contributed by atoms with van der Waals surface area (Å²) in [7, 11) is 0. The zero-order valence-corrected chi connectivity index (χ0v) is 13.3. The van der Waals surface area contributed by atoms with Gasteiger partial charge >= 0.3 is 0 Å². The van der Waals surface area contributed by atoms with Crippen molar-refractivity contribution in [3.05, 3.63) is 20.8 Å². The molecule has 4 heteroatoms. The highest BCUT2D eigenvalue weighted by molar-refractivity contribution is 14.1. The summed E-state index contributed by atoms with van der Waals surface area (Å²) in [5.74, 6) is 0. The molecule has 0 saturated carbocycles.